The number of esters is 2. The molecular weight excluding hydrogens is 953 g/mol. The fourth-order valence-electron chi connectivity index (χ4n) is 23.8. The smallest absolute Gasteiger partial charge is 0.305 e. The zero-order valence-electron chi connectivity index (χ0n) is 53.0. The summed E-state index contributed by atoms with van der Waals surface area (Å²) in [7, 11) is 3.02. The first-order valence-corrected chi connectivity index (χ1v) is 34.0. The minimum atomic E-state index is -0.0462. The molecule has 0 radical (unpaired) electrons. The third-order valence-corrected chi connectivity index (χ3v) is 28.6. The van der Waals surface area contributed by atoms with Gasteiger partial charge >= 0.3 is 11.9 Å². The number of allylic oxidation sites excluding steroid dienone is 8. The van der Waals surface area contributed by atoms with Crippen LogP contribution in [0.25, 0.3) is 0 Å². The Labute approximate surface area is 479 Å². The lowest BCUT2D eigenvalue weighted by Gasteiger charge is -2.57. The number of hydrogen-bond acceptors (Lipinski definition) is 4. The van der Waals surface area contributed by atoms with E-state index < -0.39 is 0 Å². The summed E-state index contributed by atoms with van der Waals surface area (Å²) in [5.41, 5.74) is 10.3. The average molecular weight is 1070 g/mol. The largest absolute Gasteiger partial charge is 0.469 e. The highest BCUT2D eigenvalue weighted by atomic mass is 16.5. The van der Waals surface area contributed by atoms with Crippen molar-refractivity contribution in [1.82, 2.24) is 0 Å². The van der Waals surface area contributed by atoms with Crippen LogP contribution >= 0.6 is 0 Å². The van der Waals surface area contributed by atoms with Gasteiger partial charge in [-0.05, 0) is 301 Å². The van der Waals surface area contributed by atoms with Crippen molar-refractivity contribution in [2.24, 2.45) is 127 Å². The fraction of sp³-hybridized carbons (Fsp3) is 0.865. The number of carbonyl (C=O) groups is 2. The van der Waals surface area contributed by atoms with Crippen LogP contribution in [0, 0.1) is 127 Å². The monoisotopic (exact) mass is 1070 g/mol. The molecule has 4 heteroatoms. The van der Waals surface area contributed by atoms with Crippen LogP contribution in [0.1, 0.15) is 263 Å². The first-order chi connectivity index (χ1) is 37.1. The Kier molecular flexibility index (Phi) is 17.3. The molecule has 0 aromatic carbocycles. The highest BCUT2D eigenvalue weighted by Gasteiger charge is 2.60. The summed E-state index contributed by atoms with van der Waals surface area (Å²) in [5.74, 6) is 13.6. The summed E-state index contributed by atoms with van der Waals surface area (Å²) in [4.78, 5) is 23.3. The predicted octanol–water partition coefficient (Wildman–Crippen LogP) is 20.1. The van der Waals surface area contributed by atoms with Crippen molar-refractivity contribution >= 4 is 11.9 Å². The van der Waals surface area contributed by atoms with Gasteiger partial charge in [-0.2, -0.15) is 0 Å². The number of carbonyl (C=O) groups excluding carboxylic acids is 2. The lowest BCUT2D eigenvalue weighted by Crippen LogP contribution is -2.48. The molecule has 0 heterocycles. The zero-order chi connectivity index (χ0) is 55.7. The molecule has 4 nitrogen and oxygen atoms in total. The van der Waals surface area contributed by atoms with E-state index >= 15 is 0 Å². The Hall–Kier alpha value is -2.10. The van der Waals surface area contributed by atoms with E-state index in [1.807, 2.05) is 16.7 Å². The molecule has 12 rings (SSSR count). The third-order valence-electron chi connectivity index (χ3n) is 28.6. The van der Waals surface area contributed by atoms with E-state index in [4.69, 9.17) is 9.47 Å². The Balaban J connectivity index is 0.000000133. The molecule has 0 aromatic rings. The number of fused-ring (bicyclic) bond motifs is 15. The Morgan fingerprint density at radius 2 is 0.872 bits per heavy atom. The molecule has 9 saturated carbocycles. The van der Waals surface area contributed by atoms with Gasteiger partial charge in [0.25, 0.3) is 0 Å². The third kappa shape index (κ3) is 10.2. The summed E-state index contributed by atoms with van der Waals surface area (Å²) in [6.45, 7) is 30.1. The molecule has 0 spiro atoms. The van der Waals surface area contributed by atoms with Crippen LogP contribution in [0.15, 0.2) is 46.6 Å². The molecule has 438 valence electrons. The van der Waals surface area contributed by atoms with Crippen molar-refractivity contribution < 1.29 is 19.1 Å². The maximum Gasteiger partial charge on any atom is 0.305 e. The van der Waals surface area contributed by atoms with Crippen molar-refractivity contribution in [2.45, 2.75) is 263 Å². The van der Waals surface area contributed by atoms with Crippen molar-refractivity contribution in [1.29, 1.82) is 0 Å². The Morgan fingerprint density at radius 3 is 1.24 bits per heavy atom. The van der Waals surface area contributed by atoms with Crippen LogP contribution in [0.5, 0.6) is 0 Å². The molecule has 0 amide bonds. The predicted molar refractivity (Wildman–Crippen MR) is 324 cm³/mol. The topological polar surface area (TPSA) is 52.6 Å². The van der Waals surface area contributed by atoms with Gasteiger partial charge in [0.1, 0.15) is 0 Å². The minimum Gasteiger partial charge on any atom is -0.469 e. The van der Waals surface area contributed by atoms with Gasteiger partial charge in [-0.1, -0.05) is 123 Å². The zero-order valence-corrected chi connectivity index (χ0v) is 53.0. The summed E-state index contributed by atoms with van der Waals surface area (Å²) in [6, 6.07) is 0. The number of methoxy groups -OCH3 is 2. The Morgan fingerprint density at radius 1 is 0.500 bits per heavy atom. The first-order valence-electron chi connectivity index (χ1n) is 34.0. The summed E-state index contributed by atoms with van der Waals surface area (Å²) < 4.78 is 9.77. The molecule has 0 saturated heterocycles. The van der Waals surface area contributed by atoms with Crippen LogP contribution in [0.2, 0.25) is 0 Å². The summed E-state index contributed by atoms with van der Waals surface area (Å²) >= 11 is 0. The second-order valence-corrected chi connectivity index (χ2v) is 32.3. The normalized spacial score (nSPS) is 47.9. The Bertz CT molecular complexity index is 2190. The molecule has 22 atom stereocenters. The van der Waals surface area contributed by atoms with E-state index in [0.29, 0.717) is 57.2 Å². The van der Waals surface area contributed by atoms with Crippen LogP contribution in [0.4, 0.5) is 0 Å². The van der Waals surface area contributed by atoms with E-state index in [2.05, 4.69) is 107 Å². The number of rotatable bonds is 8. The molecule has 0 N–H and O–H groups in total. The van der Waals surface area contributed by atoms with E-state index in [0.717, 1.165) is 95.7 Å². The van der Waals surface area contributed by atoms with Gasteiger partial charge in [0, 0.05) is 12.8 Å². The van der Waals surface area contributed by atoms with Crippen molar-refractivity contribution in [3.05, 3.63) is 46.6 Å². The molecule has 0 aliphatic heterocycles. The maximum absolute atomic E-state index is 11.6. The molecule has 8 unspecified atom stereocenters. The molecule has 0 bridgehead atoms. The van der Waals surface area contributed by atoms with E-state index in [9.17, 15) is 9.59 Å². The van der Waals surface area contributed by atoms with Gasteiger partial charge in [0.05, 0.1) is 14.2 Å². The number of hydrogen-bond donors (Lipinski definition) is 0. The highest BCUT2D eigenvalue weighted by Crippen LogP contribution is 2.70. The molecule has 12 aliphatic carbocycles. The van der Waals surface area contributed by atoms with Crippen LogP contribution in [-0.2, 0) is 19.1 Å². The van der Waals surface area contributed by atoms with E-state index in [-0.39, 0.29) is 11.9 Å². The highest BCUT2D eigenvalue weighted by molar-refractivity contribution is 5.69. The van der Waals surface area contributed by atoms with Gasteiger partial charge in [-0.3, -0.25) is 9.59 Å². The molecular formula is C74H118O4. The van der Waals surface area contributed by atoms with Gasteiger partial charge in [0.15, 0.2) is 0 Å². The molecule has 12 aliphatic rings. The van der Waals surface area contributed by atoms with E-state index in [1.54, 1.807) is 5.57 Å². The van der Waals surface area contributed by atoms with E-state index in [1.165, 1.54) is 168 Å². The quantitative estimate of drug-likeness (QED) is 0.180. The average Bonchev–Trinajstić information content (AvgIpc) is 4.23. The molecule has 0 aromatic heterocycles. The first kappa shape index (κ1) is 59.1. The lowest BCUT2D eigenvalue weighted by atomic mass is 9.48. The standard InChI is InChI=1S/2C26H42O2.C22H34/c2*1-17-12-14-25(3)19(16-17)7-8-20-22-10-9-21(18(2)6-11-24(27)28-5)26(22,4)15-13-23(20)25;1-5-16-7-9-19-18-8-6-17-14-15(2)10-12-22(17,4)20(18)11-13-21(16,19)3/h2*13,17-22H,6-12,14-16H2,1-5H3;5,11,15,17-19H,6-10,12-14H2,1-4H3/b;;16-5-/t2*17-,18-,19-,20?,21?,22?,25+,26-;15-,17-,18?,19?,21-,22+/m111/s1. The summed E-state index contributed by atoms with van der Waals surface area (Å²) in [5, 5.41) is 0. The van der Waals surface area contributed by atoms with Gasteiger partial charge in [0.2, 0.25) is 0 Å². The van der Waals surface area contributed by atoms with Gasteiger partial charge < -0.3 is 9.47 Å². The van der Waals surface area contributed by atoms with Gasteiger partial charge in [-0.15, -0.1) is 0 Å². The van der Waals surface area contributed by atoms with Crippen LogP contribution in [-0.4, -0.2) is 26.2 Å². The maximum atomic E-state index is 11.6. The summed E-state index contributed by atoms with van der Waals surface area (Å²) in [6.07, 6.45) is 47.7. The fourth-order valence-corrected chi connectivity index (χ4v) is 23.8. The number of ether oxygens (including phenoxy) is 2. The minimum absolute atomic E-state index is 0.0462. The van der Waals surface area contributed by atoms with Crippen molar-refractivity contribution in [2.75, 3.05) is 14.2 Å². The lowest BCUT2D eigenvalue weighted by molar-refractivity contribution is -0.142. The molecule has 9 fully saturated rings. The molecule has 78 heavy (non-hydrogen) atoms. The van der Waals surface area contributed by atoms with Gasteiger partial charge in [-0.25, -0.2) is 0 Å². The SMILES string of the molecule is C/C=C1/CCC2C3CC[C@@H]4C[C@H](C)CC[C@]4(C)C3=CC[C@]12C.COC(=O)CC[C@@H](C)C1CCC2C3CC[C@@H]4C[C@H](C)CC[C@]4(C)C3=CC[C@@]21C.COC(=O)CC[C@@H](C)C1CCC2C3CC[C@@H]4C[C@H](C)CC[C@]4(C)C3=CC[C@@]21C. The second-order valence-electron chi connectivity index (χ2n) is 32.3. The van der Waals surface area contributed by atoms with Crippen LogP contribution in [0.3, 0.4) is 0 Å². The van der Waals surface area contributed by atoms with Crippen molar-refractivity contribution in [3.63, 3.8) is 0 Å². The van der Waals surface area contributed by atoms with Crippen LogP contribution < -0.4 is 0 Å². The van der Waals surface area contributed by atoms with Crippen molar-refractivity contribution in [3.8, 4) is 0 Å². The second kappa shape index (κ2) is 22.8.